The highest BCUT2D eigenvalue weighted by Crippen LogP contribution is 2.21. The molecule has 1 atom stereocenters. The van der Waals surface area contributed by atoms with Crippen LogP contribution in [-0.2, 0) is 26.2 Å². The molecule has 0 saturated heterocycles. The van der Waals surface area contributed by atoms with Crippen molar-refractivity contribution >= 4 is 27.5 Å². The van der Waals surface area contributed by atoms with E-state index in [1.165, 1.54) is 35.6 Å². The van der Waals surface area contributed by atoms with Crippen molar-refractivity contribution in [1.82, 2.24) is 10.2 Å². The molecule has 1 fully saturated rings. The summed E-state index contributed by atoms with van der Waals surface area (Å²) in [6.45, 7) is 1.98. The first kappa shape index (κ1) is 29.4. The average Bonchev–Trinajstić information content (AvgIpc) is 2.90. The molecule has 0 heterocycles. The highest BCUT2D eigenvalue weighted by atomic mass is 32.2. The summed E-state index contributed by atoms with van der Waals surface area (Å²) in [5.74, 6) is -0.271. The van der Waals surface area contributed by atoms with Gasteiger partial charge in [0.1, 0.15) is 17.6 Å². The number of sulfonamides is 1. The van der Waals surface area contributed by atoms with E-state index in [1.54, 1.807) is 14.0 Å². The number of carbonyl (C=O) groups is 2. The zero-order valence-electron chi connectivity index (χ0n) is 22.4. The largest absolute Gasteiger partial charge is 0.497 e. The van der Waals surface area contributed by atoms with Gasteiger partial charge in [0.05, 0.1) is 19.1 Å². The number of amides is 2. The lowest BCUT2D eigenvalue weighted by atomic mass is 9.95. The van der Waals surface area contributed by atoms with Gasteiger partial charge in [0, 0.05) is 25.6 Å². The Labute approximate surface area is 225 Å². The molecule has 0 bridgehead atoms. The van der Waals surface area contributed by atoms with Crippen LogP contribution in [0.1, 0.15) is 57.4 Å². The molecule has 0 spiro atoms. The second kappa shape index (κ2) is 13.6. The van der Waals surface area contributed by atoms with Gasteiger partial charge in [0.15, 0.2) is 0 Å². The van der Waals surface area contributed by atoms with Crippen molar-refractivity contribution in [3.05, 3.63) is 59.9 Å². The minimum Gasteiger partial charge on any atom is -0.497 e. The molecular weight excluding hydrogens is 509 g/mol. The van der Waals surface area contributed by atoms with Crippen LogP contribution in [0.4, 0.5) is 10.1 Å². The van der Waals surface area contributed by atoms with Gasteiger partial charge >= 0.3 is 0 Å². The van der Waals surface area contributed by atoms with E-state index >= 15 is 0 Å². The van der Waals surface area contributed by atoms with Crippen molar-refractivity contribution in [3.8, 4) is 5.75 Å². The topological polar surface area (TPSA) is 96.0 Å². The van der Waals surface area contributed by atoms with Crippen molar-refractivity contribution in [2.24, 2.45) is 0 Å². The summed E-state index contributed by atoms with van der Waals surface area (Å²) in [5, 5.41) is 3.11. The van der Waals surface area contributed by atoms with Crippen LogP contribution in [0.3, 0.4) is 0 Å². The summed E-state index contributed by atoms with van der Waals surface area (Å²) in [6, 6.07) is 11.9. The molecule has 1 aliphatic rings. The lowest BCUT2D eigenvalue weighted by molar-refractivity contribution is -0.141. The summed E-state index contributed by atoms with van der Waals surface area (Å²) < 4.78 is 44.6. The maximum Gasteiger partial charge on any atom is 0.242 e. The van der Waals surface area contributed by atoms with Crippen LogP contribution >= 0.6 is 0 Å². The van der Waals surface area contributed by atoms with E-state index in [9.17, 15) is 22.4 Å². The Morgan fingerprint density at radius 2 is 1.79 bits per heavy atom. The van der Waals surface area contributed by atoms with E-state index in [1.807, 2.05) is 24.3 Å². The second-order valence-corrected chi connectivity index (χ2v) is 11.7. The lowest BCUT2D eigenvalue weighted by Crippen LogP contribution is -2.50. The third-order valence-electron chi connectivity index (χ3n) is 6.87. The van der Waals surface area contributed by atoms with Gasteiger partial charge in [0.2, 0.25) is 21.8 Å². The Morgan fingerprint density at radius 1 is 1.11 bits per heavy atom. The molecular formula is C28H38FN3O5S. The van der Waals surface area contributed by atoms with Crippen molar-refractivity contribution in [2.45, 2.75) is 70.5 Å². The quantitative estimate of drug-likeness (QED) is 0.429. The highest BCUT2D eigenvalue weighted by molar-refractivity contribution is 7.92. The van der Waals surface area contributed by atoms with E-state index in [2.05, 4.69) is 5.32 Å². The Kier molecular flexibility index (Phi) is 10.5. The molecule has 8 nitrogen and oxygen atoms in total. The van der Waals surface area contributed by atoms with Gasteiger partial charge < -0.3 is 15.0 Å². The minimum atomic E-state index is -3.64. The molecule has 3 rings (SSSR count). The molecule has 10 heteroatoms. The van der Waals surface area contributed by atoms with E-state index < -0.39 is 21.9 Å². The van der Waals surface area contributed by atoms with E-state index in [0.717, 1.165) is 41.8 Å². The molecule has 0 aliphatic heterocycles. The van der Waals surface area contributed by atoms with Gasteiger partial charge in [0.25, 0.3) is 0 Å². The van der Waals surface area contributed by atoms with Gasteiger partial charge in [-0.05, 0) is 68.1 Å². The van der Waals surface area contributed by atoms with Crippen molar-refractivity contribution in [1.29, 1.82) is 0 Å². The normalized spacial score (nSPS) is 14.9. The smallest absolute Gasteiger partial charge is 0.242 e. The number of carbonyl (C=O) groups excluding carboxylic acids is 2. The zero-order chi connectivity index (χ0) is 27.7. The van der Waals surface area contributed by atoms with Gasteiger partial charge in [-0.25, -0.2) is 12.8 Å². The van der Waals surface area contributed by atoms with Crippen LogP contribution in [0, 0.1) is 5.82 Å². The first-order valence-corrected chi connectivity index (χ1v) is 14.9. The maximum absolute atomic E-state index is 13.4. The highest BCUT2D eigenvalue weighted by Gasteiger charge is 2.28. The fourth-order valence-corrected chi connectivity index (χ4v) is 5.70. The SMILES string of the molecule is COc1cccc(CN(C(=O)CCCN(c2ccc(F)cc2)S(C)(=O)=O)[C@H](C)C(=O)NC2CCCCC2)c1. The van der Waals surface area contributed by atoms with Crippen molar-refractivity contribution in [2.75, 3.05) is 24.2 Å². The number of benzene rings is 2. The number of rotatable bonds is 12. The summed E-state index contributed by atoms with van der Waals surface area (Å²) in [7, 11) is -2.08. The molecule has 38 heavy (non-hydrogen) atoms. The summed E-state index contributed by atoms with van der Waals surface area (Å²) in [6.07, 6.45) is 6.55. The molecule has 0 aromatic heterocycles. The standard InChI is InChI=1S/C28H38FN3O5S/c1-21(28(34)30-24-10-5-4-6-11-24)31(20-22-9-7-12-26(19-22)37-2)27(33)13-8-18-32(38(3,35)36)25-16-14-23(29)15-17-25/h7,9,12,14-17,19,21,24H,4-6,8,10-11,13,18,20H2,1-3H3,(H,30,34)/t21-/m1/s1. The fourth-order valence-electron chi connectivity index (χ4n) is 4.73. The van der Waals surface area contributed by atoms with Crippen molar-refractivity contribution in [3.63, 3.8) is 0 Å². The molecule has 208 valence electrons. The number of nitrogens with zero attached hydrogens (tertiary/aromatic N) is 2. The maximum atomic E-state index is 13.4. The third-order valence-corrected chi connectivity index (χ3v) is 8.07. The number of hydrogen-bond donors (Lipinski definition) is 1. The number of nitrogens with one attached hydrogen (secondary N) is 1. The monoisotopic (exact) mass is 547 g/mol. The Balaban J connectivity index is 1.72. The Morgan fingerprint density at radius 3 is 2.42 bits per heavy atom. The molecule has 1 saturated carbocycles. The summed E-state index contributed by atoms with van der Waals surface area (Å²) >= 11 is 0. The molecule has 0 radical (unpaired) electrons. The number of anilines is 1. The van der Waals surface area contributed by atoms with Crippen LogP contribution in [0.25, 0.3) is 0 Å². The zero-order valence-corrected chi connectivity index (χ0v) is 23.2. The first-order valence-electron chi connectivity index (χ1n) is 13.0. The van der Waals surface area contributed by atoms with Crippen LogP contribution < -0.4 is 14.4 Å². The van der Waals surface area contributed by atoms with E-state index in [-0.39, 0.29) is 43.8 Å². The Hall–Kier alpha value is -3.14. The van der Waals surface area contributed by atoms with Crippen LogP contribution in [0.5, 0.6) is 5.75 Å². The summed E-state index contributed by atoms with van der Waals surface area (Å²) in [4.78, 5) is 28.1. The predicted molar refractivity (Wildman–Crippen MR) is 146 cm³/mol. The number of methoxy groups -OCH3 is 1. The van der Waals surface area contributed by atoms with Gasteiger partial charge in [-0.3, -0.25) is 13.9 Å². The second-order valence-electron chi connectivity index (χ2n) is 9.81. The van der Waals surface area contributed by atoms with Crippen LogP contribution in [0.2, 0.25) is 0 Å². The lowest BCUT2D eigenvalue weighted by Gasteiger charge is -2.31. The molecule has 2 aromatic rings. The first-order chi connectivity index (χ1) is 18.1. The van der Waals surface area contributed by atoms with Crippen molar-refractivity contribution < 1.29 is 27.1 Å². The van der Waals surface area contributed by atoms with Gasteiger partial charge in [-0.1, -0.05) is 31.4 Å². The van der Waals surface area contributed by atoms with E-state index in [4.69, 9.17) is 4.74 Å². The van der Waals surface area contributed by atoms with Crippen LogP contribution in [0.15, 0.2) is 48.5 Å². The molecule has 2 amide bonds. The molecule has 1 N–H and O–H groups in total. The van der Waals surface area contributed by atoms with Crippen LogP contribution in [-0.4, -0.2) is 57.1 Å². The van der Waals surface area contributed by atoms with Gasteiger partial charge in [-0.15, -0.1) is 0 Å². The number of halogens is 1. The molecule has 1 aliphatic carbocycles. The fraction of sp³-hybridized carbons (Fsp3) is 0.500. The molecule has 0 unspecified atom stereocenters. The number of ether oxygens (including phenoxy) is 1. The third kappa shape index (κ3) is 8.44. The van der Waals surface area contributed by atoms with Gasteiger partial charge in [-0.2, -0.15) is 0 Å². The van der Waals surface area contributed by atoms with E-state index in [0.29, 0.717) is 11.4 Å². The summed E-state index contributed by atoms with van der Waals surface area (Å²) in [5.41, 5.74) is 1.15. The Bertz CT molecular complexity index is 1180. The number of hydrogen-bond acceptors (Lipinski definition) is 5. The average molecular weight is 548 g/mol. The molecule has 2 aromatic carbocycles. The minimum absolute atomic E-state index is 0.0399. The predicted octanol–water partition coefficient (Wildman–Crippen LogP) is 4.25.